The molecule has 1 saturated carbocycles. The highest BCUT2D eigenvalue weighted by Crippen LogP contribution is 2.46. The molecule has 0 aromatic heterocycles. The van der Waals surface area contributed by atoms with Crippen molar-refractivity contribution in [2.75, 3.05) is 19.6 Å². The average molecular weight is 316 g/mol. The number of amides is 1. The fraction of sp³-hybridized carbons (Fsp3) is 0.533. The minimum absolute atomic E-state index is 0.0702. The Morgan fingerprint density at radius 2 is 1.86 bits per heavy atom. The molecule has 2 atom stereocenters. The monoisotopic (exact) mass is 316 g/mol. The molecule has 1 aliphatic carbocycles. The van der Waals surface area contributed by atoms with E-state index in [0.29, 0.717) is 19.5 Å². The van der Waals surface area contributed by atoms with E-state index >= 15 is 0 Å². The first-order valence-corrected chi connectivity index (χ1v) is 7.20. The molecule has 1 aliphatic heterocycles. The quantitative estimate of drug-likeness (QED) is 0.865. The van der Waals surface area contributed by atoms with Crippen LogP contribution in [0.5, 0.6) is 0 Å². The molecular weight excluding hydrogens is 300 g/mol. The number of hydrogen-bond donors (Lipinski definition) is 1. The van der Waals surface area contributed by atoms with E-state index in [2.05, 4.69) is 5.32 Å². The van der Waals surface area contributed by atoms with Crippen molar-refractivity contribution < 1.29 is 22.4 Å². The summed E-state index contributed by atoms with van der Waals surface area (Å²) in [6, 6.07) is 5.27. The number of nitrogens with zero attached hydrogens (tertiary/aromatic N) is 1. The summed E-state index contributed by atoms with van der Waals surface area (Å²) in [4.78, 5) is 12.6. The maximum absolute atomic E-state index is 12.9. The van der Waals surface area contributed by atoms with Gasteiger partial charge in [-0.2, -0.15) is 13.2 Å². The van der Waals surface area contributed by atoms with Gasteiger partial charge in [0.15, 0.2) is 0 Å². The molecule has 2 fully saturated rings. The van der Waals surface area contributed by atoms with Gasteiger partial charge in [-0.3, -0.25) is 4.79 Å². The lowest BCUT2D eigenvalue weighted by molar-refractivity contribution is -0.187. The maximum Gasteiger partial charge on any atom is 0.471 e. The van der Waals surface area contributed by atoms with Crippen molar-refractivity contribution in [3.63, 3.8) is 0 Å². The lowest BCUT2D eigenvalue weighted by Crippen LogP contribution is -2.52. The van der Waals surface area contributed by atoms with Crippen molar-refractivity contribution >= 4 is 5.91 Å². The van der Waals surface area contributed by atoms with Crippen molar-refractivity contribution in [2.24, 2.45) is 5.92 Å². The van der Waals surface area contributed by atoms with Gasteiger partial charge in [-0.15, -0.1) is 0 Å². The lowest BCUT2D eigenvalue weighted by atomic mass is 10.0. The van der Waals surface area contributed by atoms with E-state index in [9.17, 15) is 22.4 Å². The fourth-order valence-corrected chi connectivity index (χ4v) is 2.88. The number of carbonyl (C=O) groups is 1. The topological polar surface area (TPSA) is 32.3 Å². The summed E-state index contributed by atoms with van der Waals surface area (Å²) in [5.74, 6) is -2.22. The third-order valence-electron chi connectivity index (χ3n) is 4.28. The van der Waals surface area contributed by atoms with Gasteiger partial charge in [0, 0.05) is 37.5 Å². The first-order chi connectivity index (χ1) is 10.4. The van der Waals surface area contributed by atoms with Crippen LogP contribution in [0.2, 0.25) is 0 Å². The van der Waals surface area contributed by atoms with Crippen LogP contribution in [0, 0.1) is 11.7 Å². The molecular formula is C15H16F4N2O. The van der Waals surface area contributed by atoms with E-state index in [1.165, 1.54) is 12.1 Å². The molecule has 1 heterocycles. The molecule has 1 saturated heterocycles. The Bertz CT molecular complexity index is 554. The summed E-state index contributed by atoms with van der Waals surface area (Å²) in [6.45, 7) is 1.39. The van der Waals surface area contributed by atoms with Crippen LogP contribution in [0.15, 0.2) is 24.3 Å². The van der Waals surface area contributed by atoms with Crippen LogP contribution in [-0.4, -0.2) is 42.7 Å². The first-order valence-electron chi connectivity index (χ1n) is 7.20. The number of hydrogen-bond acceptors (Lipinski definition) is 2. The summed E-state index contributed by atoms with van der Waals surface area (Å²) in [5, 5.41) is 2.99. The zero-order chi connectivity index (χ0) is 15.9. The number of nitrogens with one attached hydrogen (secondary N) is 1. The maximum atomic E-state index is 12.9. The highest BCUT2D eigenvalue weighted by molar-refractivity contribution is 5.82. The summed E-state index contributed by atoms with van der Waals surface area (Å²) >= 11 is 0. The van der Waals surface area contributed by atoms with Crippen LogP contribution in [-0.2, 0) is 4.79 Å². The highest BCUT2D eigenvalue weighted by atomic mass is 19.4. The minimum atomic E-state index is -4.85. The molecule has 22 heavy (non-hydrogen) atoms. The number of alkyl halides is 3. The van der Waals surface area contributed by atoms with Crippen LogP contribution in [0.4, 0.5) is 17.6 Å². The Morgan fingerprint density at radius 1 is 1.23 bits per heavy atom. The Labute approximate surface area is 125 Å². The number of carbonyl (C=O) groups excluding carboxylic acids is 1. The SMILES string of the molecule is O=C(N(CC1CNC1)C1CC1c1ccc(F)cc1)C(F)(F)F. The Balaban J connectivity index is 1.72. The van der Waals surface area contributed by atoms with Gasteiger partial charge in [0.25, 0.3) is 0 Å². The average Bonchev–Trinajstić information content (AvgIpc) is 3.17. The predicted octanol–water partition coefficient (Wildman–Crippen LogP) is 2.29. The fourth-order valence-electron chi connectivity index (χ4n) is 2.88. The highest BCUT2D eigenvalue weighted by Gasteiger charge is 2.52. The summed E-state index contributed by atoms with van der Waals surface area (Å²) < 4.78 is 51.3. The zero-order valence-electron chi connectivity index (χ0n) is 11.7. The van der Waals surface area contributed by atoms with Crippen molar-refractivity contribution in [3.8, 4) is 0 Å². The molecule has 0 spiro atoms. The molecule has 1 aromatic carbocycles. The lowest BCUT2D eigenvalue weighted by Gasteiger charge is -2.34. The van der Waals surface area contributed by atoms with Gasteiger partial charge in [-0.1, -0.05) is 12.1 Å². The summed E-state index contributed by atoms with van der Waals surface area (Å²) in [5.41, 5.74) is 0.776. The van der Waals surface area contributed by atoms with Crippen LogP contribution in [0.25, 0.3) is 0 Å². The summed E-state index contributed by atoms with van der Waals surface area (Å²) in [7, 11) is 0. The standard InChI is InChI=1S/C15H16F4N2O/c16-11-3-1-10(2-4-11)12-5-13(12)21(8-9-6-20-7-9)14(22)15(17,18)19/h1-4,9,12-13,20H,5-8H2. The van der Waals surface area contributed by atoms with Crippen LogP contribution in [0.1, 0.15) is 17.9 Å². The normalized spacial score (nSPS) is 24.7. The predicted molar refractivity (Wildman–Crippen MR) is 71.7 cm³/mol. The van der Waals surface area contributed by atoms with Gasteiger partial charge >= 0.3 is 12.1 Å². The Morgan fingerprint density at radius 3 is 2.36 bits per heavy atom. The van der Waals surface area contributed by atoms with E-state index in [1.807, 2.05) is 0 Å². The van der Waals surface area contributed by atoms with Crippen molar-refractivity contribution in [1.82, 2.24) is 10.2 Å². The van der Waals surface area contributed by atoms with Gasteiger partial charge in [-0.05, 0) is 24.1 Å². The number of benzene rings is 1. The van der Waals surface area contributed by atoms with Crippen molar-refractivity contribution in [1.29, 1.82) is 0 Å². The molecule has 0 bridgehead atoms. The molecule has 1 N–H and O–H groups in total. The smallest absolute Gasteiger partial charge is 0.331 e. The van der Waals surface area contributed by atoms with Crippen LogP contribution >= 0.6 is 0 Å². The van der Waals surface area contributed by atoms with Gasteiger partial charge < -0.3 is 10.2 Å². The van der Waals surface area contributed by atoms with Gasteiger partial charge in [-0.25, -0.2) is 4.39 Å². The van der Waals surface area contributed by atoms with Gasteiger partial charge in [0.1, 0.15) is 5.82 Å². The van der Waals surface area contributed by atoms with Gasteiger partial charge in [0.2, 0.25) is 0 Å². The van der Waals surface area contributed by atoms with E-state index in [-0.39, 0.29) is 24.2 Å². The number of halogens is 4. The first kappa shape index (κ1) is 15.3. The molecule has 7 heteroatoms. The summed E-state index contributed by atoms with van der Waals surface area (Å²) in [6.07, 6.45) is -4.36. The molecule has 3 rings (SSSR count). The third-order valence-corrected chi connectivity index (χ3v) is 4.28. The van der Waals surface area contributed by atoms with Crippen LogP contribution in [0.3, 0.4) is 0 Å². The van der Waals surface area contributed by atoms with E-state index in [0.717, 1.165) is 10.5 Å². The molecule has 1 amide bonds. The third kappa shape index (κ3) is 3.09. The molecule has 3 nitrogen and oxygen atoms in total. The molecule has 1 aromatic rings. The van der Waals surface area contributed by atoms with Crippen molar-refractivity contribution in [3.05, 3.63) is 35.6 Å². The molecule has 120 valence electrons. The largest absolute Gasteiger partial charge is 0.471 e. The molecule has 2 aliphatic rings. The number of rotatable bonds is 4. The van der Waals surface area contributed by atoms with E-state index in [1.54, 1.807) is 12.1 Å². The second-order valence-corrected chi connectivity index (χ2v) is 5.94. The van der Waals surface area contributed by atoms with Crippen molar-refractivity contribution in [2.45, 2.75) is 24.6 Å². The second-order valence-electron chi connectivity index (χ2n) is 5.94. The second kappa shape index (κ2) is 5.53. The van der Waals surface area contributed by atoms with Crippen LogP contribution < -0.4 is 5.32 Å². The Kier molecular flexibility index (Phi) is 3.84. The zero-order valence-corrected chi connectivity index (χ0v) is 11.7. The Hall–Kier alpha value is -1.63. The van der Waals surface area contributed by atoms with E-state index < -0.39 is 18.1 Å². The molecule has 2 unspecified atom stereocenters. The van der Waals surface area contributed by atoms with Gasteiger partial charge in [0.05, 0.1) is 0 Å². The molecule has 0 radical (unpaired) electrons. The minimum Gasteiger partial charge on any atom is -0.331 e. The van der Waals surface area contributed by atoms with E-state index in [4.69, 9.17) is 0 Å².